The second-order valence-electron chi connectivity index (χ2n) is 10.1. The van der Waals surface area contributed by atoms with E-state index in [9.17, 15) is 0 Å². The molecule has 2 heteroatoms. The second kappa shape index (κ2) is 21.2. The summed E-state index contributed by atoms with van der Waals surface area (Å²) in [5.74, 6) is 0. The largest absolute Gasteiger partial charge is 0.356 e. The van der Waals surface area contributed by atoms with E-state index in [-0.39, 0.29) is 0 Å². The zero-order valence-corrected chi connectivity index (χ0v) is 21.9. The SMILES string of the molecule is CCCCCCCCCCCCCCCC1N(CCCCC)C=CN1CCCCCC. The quantitative estimate of drug-likeness (QED) is 0.148. The summed E-state index contributed by atoms with van der Waals surface area (Å²) in [6.45, 7) is 9.43. The van der Waals surface area contributed by atoms with Crippen molar-refractivity contribution in [1.29, 1.82) is 0 Å². The summed E-state index contributed by atoms with van der Waals surface area (Å²) in [5, 5.41) is 0. The molecule has 0 radical (unpaired) electrons. The molecule has 31 heavy (non-hydrogen) atoms. The first-order valence-electron chi connectivity index (χ1n) is 14.5. The summed E-state index contributed by atoms with van der Waals surface area (Å²) in [4.78, 5) is 5.30. The van der Waals surface area contributed by atoms with Crippen molar-refractivity contribution >= 4 is 0 Å². The van der Waals surface area contributed by atoms with Crippen LogP contribution in [0.25, 0.3) is 0 Å². The average molecular weight is 435 g/mol. The van der Waals surface area contributed by atoms with Crippen LogP contribution in [0.3, 0.4) is 0 Å². The smallest absolute Gasteiger partial charge is 0.101 e. The van der Waals surface area contributed by atoms with Crippen LogP contribution in [0, 0.1) is 0 Å². The van der Waals surface area contributed by atoms with Gasteiger partial charge >= 0.3 is 0 Å². The van der Waals surface area contributed by atoms with E-state index in [1.807, 2.05) is 0 Å². The summed E-state index contributed by atoms with van der Waals surface area (Å²) in [7, 11) is 0. The Morgan fingerprint density at radius 2 is 0.742 bits per heavy atom. The van der Waals surface area contributed by atoms with Gasteiger partial charge in [0.2, 0.25) is 0 Å². The molecule has 0 saturated heterocycles. The molecule has 1 rings (SSSR count). The highest BCUT2D eigenvalue weighted by Crippen LogP contribution is 2.23. The van der Waals surface area contributed by atoms with E-state index in [1.54, 1.807) is 0 Å². The molecule has 0 aromatic heterocycles. The van der Waals surface area contributed by atoms with Crippen LogP contribution in [0.4, 0.5) is 0 Å². The monoisotopic (exact) mass is 434 g/mol. The molecular formula is C29H58N2. The van der Waals surface area contributed by atoms with E-state index in [0.29, 0.717) is 6.17 Å². The molecule has 0 bridgehead atoms. The van der Waals surface area contributed by atoms with Gasteiger partial charge in [-0.25, -0.2) is 0 Å². The average Bonchev–Trinajstić information content (AvgIpc) is 3.16. The van der Waals surface area contributed by atoms with E-state index in [0.717, 1.165) is 0 Å². The van der Waals surface area contributed by atoms with Crippen molar-refractivity contribution in [2.75, 3.05) is 13.1 Å². The van der Waals surface area contributed by atoms with Gasteiger partial charge in [-0.1, -0.05) is 130 Å². The van der Waals surface area contributed by atoms with E-state index in [2.05, 4.69) is 43.0 Å². The topological polar surface area (TPSA) is 6.48 Å². The van der Waals surface area contributed by atoms with Crippen molar-refractivity contribution < 1.29 is 0 Å². The van der Waals surface area contributed by atoms with Crippen LogP contribution in [-0.4, -0.2) is 29.1 Å². The molecule has 0 N–H and O–H groups in total. The summed E-state index contributed by atoms with van der Waals surface area (Å²) in [6.07, 6.45) is 35.1. The number of hydrogen-bond acceptors (Lipinski definition) is 2. The number of hydrogen-bond donors (Lipinski definition) is 0. The molecule has 1 unspecified atom stereocenters. The maximum atomic E-state index is 2.65. The molecule has 0 saturated carbocycles. The van der Waals surface area contributed by atoms with Gasteiger partial charge in [0, 0.05) is 25.5 Å². The third kappa shape index (κ3) is 14.9. The third-order valence-corrected chi connectivity index (χ3v) is 7.07. The molecule has 2 nitrogen and oxygen atoms in total. The van der Waals surface area contributed by atoms with Gasteiger partial charge in [0.1, 0.15) is 6.17 Å². The zero-order valence-electron chi connectivity index (χ0n) is 21.9. The van der Waals surface area contributed by atoms with Gasteiger partial charge in [-0.15, -0.1) is 0 Å². The predicted octanol–water partition coefficient (Wildman–Crippen LogP) is 9.65. The van der Waals surface area contributed by atoms with E-state index >= 15 is 0 Å². The Balaban J connectivity index is 2.11. The summed E-state index contributed by atoms with van der Waals surface area (Å²) >= 11 is 0. The Bertz CT molecular complexity index is 392. The normalized spacial score (nSPS) is 16.0. The molecular weight excluding hydrogens is 376 g/mol. The van der Waals surface area contributed by atoms with Crippen molar-refractivity contribution in [2.45, 2.75) is 162 Å². The summed E-state index contributed by atoms with van der Waals surface area (Å²) < 4.78 is 0. The van der Waals surface area contributed by atoms with Crippen LogP contribution < -0.4 is 0 Å². The van der Waals surface area contributed by atoms with Gasteiger partial charge in [0.15, 0.2) is 0 Å². The molecule has 184 valence electrons. The molecule has 1 heterocycles. The highest BCUT2D eigenvalue weighted by molar-refractivity contribution is 4.96. The van der Waals surface area contributed by atoms with Crippen LogP contribution in [0.15, 0.2) is 12.4 Å². The highest BCUT2D eigenvalue weighted by atomic mass is 15.4. The molecule has 0 aromatic carbocycles. The van der Waals surface area contributed by atoms with E-state index < -0.39 is 0 Å². The molecule has 0 spiro atoms. The van der Waals surface area contributed by atoms with Crippen LogP contribution in [-0.2, 0) is 0 Å². The van der Waals surface area contributed by atoms with Crippen molar-refractivity contribution in [2.24, 2.45) is 0 Å². The lowest BCUT2D eigenvalue weighted by atomic mass is 10.0. The maximum Gasteiger partial charge on any atom is 0.101 e. The fraction of sp³-hybridized carbons (Fsp3) is 0.931. The van der Waals surface area contributed by atoms with Gasteiger partial charge < -0.3 is 9.80 Å². The fourth-order valence-corrected chi connectivity index (χ4v) is 4.95. The summed E-state index contributed by atoms with van der Waals surface area (Å²) in [6, 6.07) is 0. The minimum absolute atomic E-state index is 0.645. The number of unbranched alkanes of at least 4 members (excludes halogenated alkanes) is 17. The number of rotatable bonds is 23. The summed E-state index contributed by atoms with van der Waals surface area (Å²) in [5.41, 5.74) is 0. The van der Waals surface area contributed by atoms with Gasteiger partial charge in [-0.3, -0.25) is 0 Å². The van der Waals surface area contributed by atoms with E-state index in [4.69, 9.17) is 0 Å². The molecule has 1 aliphatic rings. The molecule has 1 atom stereocenters. The van der Waals surface area contributed by atoms with Crippen molar-refractivity contribution in [1.82, 2.24) is 9.80 Å². The predicted molar refractivity (Wildman–Crippen MR) is 140 cm³/mol. The first-order valence-corrected chi connectivity index (χ1v) is 14.5. The molecule has 0 aromatic rings. The first kappa shape index (κ1) is 28.4. The molecule has 1 aliphatic heterocycles. The lowest BCUT2D eigenvalue weighted by Gasteiger charge is -2.33. The van der Waals surface area contributed by atoms with Crippen LogP contribution in [0.1, 0.15) is 156 Å². The standard InChI is InChI=1S/C29H58N2/c1-4-7-10-12-13-14-15-16-17-18-19-20-21-24-29-30(25-22-9-6-3)27-28-31(29)26-23-11-8-5-2/h27-29H,4-26H2,1-3H3. The lowest BCUT2D eigenvalue weighted by molar-refractivity contribution is 0.135. The lowest BCUT2D eigenvalue weighted by Crippen LogP contribution is -2.39. The zero-order chi connectivity index (χ0) is 22.4. The Kier molecular flexibility index (Phi) is 19.4. The van der Waals surface area contributed by atoms with Crippen molar-refractivity contribution in [3.05, 3.63) is 12.4 Å². The van der Waals surface area contributed by atoms with Crippen molar-refractivity contribution in [3.63, 3.8) is 0 Å². The minimum atomic E-state index is 0.645. The van der Waals surface area contributed by atoms with Gasteiger partial charge in [-0.05, 0) is 25.7 Å². The Morgan fingerprint density at radius 3 is 1.19 bits per heavy atom. The van der Waals surface area contributed by atoms with Crippen LogP contribution in [0.5, 0.6) is 0 Å². The van der Waals surface area contributed by atoms with Gasteiger partial charge in [-0.2, -0.15) is 0 Å². The molecule has 0 fully saturated rings. The number of nitrogens with zero attached hydrogens (tertiary/aromatic N) is 2. The maximum absolute atomic E-state index is 2.65. The van der Waals surface area contributed by atoms with Gasteiger partial charge in [0.05, 0.1) is 0 Å². The Hall–Kier alpha value is -0.660. The van der Waals surface area contributed by atoms with E-state index in [1.165, 1.54) is 148 Å². The minimum Gasteiger partial charge on any atom is -0.356 e. The third-order valence-electron chi connectivity index (χ3n) is 7.07. The fourth-order valence-electron chi connectivity index (χ4n) is 4.95. The molecule has 0 aliphatic carbocycles. The van der Waals surface area contributed by atoms with Crippen LogP contribution >= 0.6 is 0 Å². The highest BCUT2D eigenvalue weighted by Gasteiger charge is 2.24. The first-order chi connectivity index (χ1) is 15.3. The van der Waals surface area contributed by atoms with Gasteiger partial charge in [0.25, 0.3) is 0 Å². The van der Waals surface area contributed by atoms with Crippen molar-refractivity contribution in [3.8, 4) is 0 Å². The Labute approximate surface area is 197 Å². The molecule has 0 amide bonds. The van der Waals surface area contributed by atoms with Crippen LogP contribution in [0.2, 0.25) is 0 Å². The Morgan fingerprint density at radius 1 is 0.419 bits per heavy atom. The second-order valence-corrected chi connectivity index (χ2v) is 10.1.